The van der Waals surface area contributed by atoms with Gasteiger partial charge >= 0.3 is 6.03 Å². The minimum Gasteiger partial charge on any atom is -0.482 e. The minimum absolute atomic E-state index is 0.0860. The highest BCUT2D eigenvalue weighted by Crippen LogP contribution is 2.38. The predicted molar refractivity (Wildman–Crippen MR) is 105 cm³/mol. The molecule has 3 aliphatic rings. The van der Waals surface area contributed by atoms with Crippen molar-refractivity contribution in [2.75, 3.05) is 25.3 Å². The van der Waals surface area contributed by atoms with E-state index in [0.717, 1.165) is 4.90 Å². The standard InChI is InChI=1S/C21H17N3O7/c1-21(12-3-5-16-17(7-12)31-10-30-16)19(27)24(20(28)23-21)8-14(25)11-2-4-15-13(6-11)22-18(26)9-29-15/h2-7H,8-10H2,1H3,(H,22,26)(H,23,28). The van der Waals surface area contributed by atoms with Gasteiger partial charge in [-0.3, -0.25) is 19.3 Å². The molecule has 0 radical (unpaired) electrons. The molecule has 31 heavy (non-hydrogen) atoms. The number of hydrogen-bond acceptors (Lipinski definition) is 7. The first kappa shape index (κ1) is 18.9. The molecule has 3 aliphatic heterocycles. The summed E-state index contributed by atoms with van der Waals surface area (Å²) in [6, 6.07) is 8.84. The van der Waals surface area contributed by atoms with E-state index < -0.39 is 29.8 Å². The Kier molecular flexibility index (Phi) is 4.10. The van der Waals surface area contributed by atoms with Gasteiger partial charge in [0.15, 0.2) is 23.9 Å². The Hall–Kier alpha value is -4.08. The lowest BCUT2D eigenvalue weighted by atomic mass is 9.91. The second-order valence-electron chi connectivity index (χ2n) is 7.49. The van der Waals surface area contributed by atoms with Gasteiger partial charge < -0.3 is 24.8 Å². The molecule has 10 nitrogen and oxygen atoms in total. The molecule has 1 fully saturated rings. The maximum Gasteiger partial charge on any atom is 0.325 e. The summed E-state index contributed by atoms with van der Waals surface area (Å²) in [7, 11) is 0. The summed E-state index contributed by atoms with van der Waals surface area (Å²) >= 11 is 0. The van der Waals surface area contributed by atoms with Crippen LogP contribution < -0.4 is 24.8 Å². The number of ketones is 1. The zero-order valence-corrected chi connectivity index (χ0v) is 16.4. The molecular weight excluding hydrogens is 406 g/mol. The molecule has 0 aromatic heterocycles. The molecule has 1 atom stereocenters. The lowest BCUT2D eigenvalue weighted by Crippen LogP contribution is -2.41. The maximum absolute atomic E-state index is 13.1. The van der Waals surface area contributed by atoms with Crippen LogP contribution in [0, 0.1) is 0 Å². The summed E-state index contributed by atoms with van der Waals surface area (Å²) in [5.74, 6) is 0.140. The van der Waals surface area contributed by atoms with Crippen LogP contribution in [0.4, 0.5) is 10.5 Å². The van der Waals surface area contributed by atoms with Gasteiger partial charge in [0.25, 0.3) is 11.8 Å². The number of imide groups is 1. The summed E-state index contributed by atoms with van der Waals surface area (Å²) in [5, 5.41) is 5.29. The number of anilines is 1. The van der Waals surface area contributed by atoms with Crippen molar-refractivity contribution in [3.63, 3.8) is 0 Å². The average Bonchev–Trinajstić information content (AvgIpc) is 3.31. The smallest absolute Gasteiger partial charge is 0.325 e. The first-order chi connectivity index (χ1) is 14.8. The van der Waals surface area contributed by atoms with Crippen molar-refractivity contribution >= 4 is 29.3 Å². The van der Waals surface area contributed by atoms with Gasteiger partial charge in [-0.2, -0.15) is 0 Å². The molecule has 0 saturated carbocycles. The van der Waals surface area contributed by atoms with Crippen molar-refractivity contribution in [3.05, 3.63) is 47.5 Å². The predicted octanol–water partition coefficient (Wildman–Crippen LogP) is 1.40. The summed E-state index contributed by atoms with van der Waals surface area (Å²) in [6.45, 7) is 1.11. The third kappa shape index (κ3) is 3.03. The summed E-state index contributed by atoms with van der Waals surface area (Å²) in [4.78, 5) is 50.9. The van der Waals surface area contributed by atoms with Crippen LogP contribution in [-0.2, 0) is 15.1 Å². The highest BCUT2D eigenvalue weighted by molar-refractivity contribution is 6.11. The lowest BCUT2D eigenvalue weighted by molar-refractivity contribution is -0.130. The third-order valence-electron chi connectivity index (χ3n) is 5.46. The van der Waals surface area contributed by atoms with E-state index >= 15 is 0 Å². The number of nitrogens with one attached hydrogen (secondary N) is 2. The molecule has 0 spiro atoms. The highest BCUT2D eigenvalue weighted by Gasteiger charge is 2.50. The Morgan fingerprint density at radius 3 is 2.65 bits per heavy atom. The number of carbonyl (C=O) groups is 4. The van der Waals surface area contributed by atoms with Gasteiger partial charge in [0, 0.05) is 5.56 Å². The average molecular weight is 423 g/mol. The molecule has 3 heterocycles. The molecule has 0 bridgehead atoms. The van der Waals surface area contributed by atoms with E-state index in [-0.39, 0.29) is 24.9 Å². The van der Waals surface area contributed by atoms with E-state index in [9.17, 15) is 19.2 Å². The quantitative estimate of drug-likeness (QED) is 0.563. The van der Waals surface area contributed by atoms with Gasteiger partial charge in [-0.15, -0.1) is 0 Å². The number of hydrogen-bond donors (Lipinski definition) is 2. The molecule has 1 saturated heterocycles. The number of urea groups is 1. The fourth-order valence-electron chi connectivity index (χ4n) is 3.74. The van der Waals surface area contributed by atoms with E-state index in [1.165, 1.54) is 12.1 Å². The van der Waals surface area contributed by atoms with Crippen LogP contribution >= 0.6 is 0 Å². The van der Waals surface area contributed by atoms with Gasteiger partial charge in [-0.1, -0.05) is 6.07 Å². The Balaban J connectivity index is 1.37. The van der Waals surface area contributed by atoms with E-state index in [4.69, 9.17) is 14.2 Å². The highest BCUT2D eigenvalue weighted by atomic mass is 16.7. The van der Waals surface area contributed by atoms with Crippen LogP contribution in [0.3, 0.4) is 0 Å². The molecule has 1 unspecified atom stereocenters. The van der Waals surface area contributed by atoms with Crippen LogP contribution in [0.1, 0.15) is 22.8 Å². The van der Waals surface area contributed by atoms with Crippen molar-refractivity contribution in [2.45, 2.75) is 12.5 Å². The van der Waals surface area contributed by atoms with E-state index in [2.05, 4.69) is 10.6 Å². The lowest BCUT2D eigenvalue weighted by Gasteiger charge is -2.22. The number of amides is 4. The van der Waals surface area contributed by atoms with E-state index in [0.29, 0.717) is 28.5 Å². The second kappa shape index (κ2) is 6.73. The number of ether oxygens (including phenoxy) is 3. The number of Topliss-reactive ketones (excluding diaryl/α,β-unsaturated/α-hetero) is 1. The van der Waals surface area contributed by atoms with E-state index in [1.54, 1.807) is 31.2 Å². The van der Waals surface area contributed by atoms with Gasteiger partial charge in [0.05, 0.1) is 12.2 Å². The maximum atomic E-state index is 13.1. The fraction of sp³-hybridized carbons (Fsp3) is 0.238. The van der Waals surface area contributed by atoms with Gasteiger partial charge in [-0.25, -0.2) is 4.79 Å². The Morgan fingerprint density at radius 1 is 1.03 bits per heavy atom. The minimum atomic E-state index is -1.35. The van der Waals surface area contributed by atoms with Crippen LogP contribution in [0.5, 0.6) is 17.2 Å². The number of fused-ring (bicyclic) bond motifs is 2. The van der Waals surface area contributed by atoms with Crippen LogP contribution in [0.15, 0.2) is 36.4 Å². The number of rotatable bonds is 4. The van der Waals surface area contributed by atoms with Gasteiger partial charge in [-0.05, 0) is 42.8 Å². The normalized spacial score (nSPS) is 21.3. The number of benzene rings is 2. The molecule has 2 N–H and O–H groups in total. The Labute approximate surface area is 176 Å². The first-order valence-electron chi connectivity index (χ1n) is 9.49. The van der Waals surface area contributed by atoms with Crippen molar-refractivity contribution in [3.8, 4) is 17.2 Å². The molecule has 2 aromatic carbocycles. The fourth-order valence-corrected chi connectivity index (χ4v) is 3.74. The van der Waals surface area contributed by atoms with E-state index in [1.807, 2.05) is 0 Å². The SMILES string of the molecule is CC1(c2ccc3c(c2)OCO3)NC(=O)N(CC(=O)c2ccc3c(c2)NC(=O)CO3)C1=O. The van der Waals surface area contributed by atoms with Crippen LogP contribution in [0.2, 0.25) is 0 Å². The zero-order chi connectivity index (χ0) is 21.8. The summed E-state index contributed by atoms with van der Waals surface area (Å²) < 4.78 is 15.9. The van der Waals surface area contributed by atoms with Crippen LogP contribution in [-0.4, -0.2) is 48.5 Å². The molecule has 2 aromatic rings. The topological polar surface area (TPSA) is 123 Å². The first-order valence-corrected chi connectivity index (χ1v) is 9.49. The van der Waals surface area contributed by atoms with Crippen molar-refractivity contribution in [2.24, 2.45) is 0 Å². The summed E-state index contributed by atoms with van der Waals surface area (Å²) in [5.41, 5.74) is -0.235. The Bertz CT molecular complexity index is 1160. The van der Waals surface area contributed by atoms with Crippen LogP contribution in [0.25, 0.3) is 0 Å². The molecule has 4 amide bonds. The van der Waals surface area contributed by atoms with Crippen molar-refractivity contribution in [1.82, 2.24) is 10.2 Å². The molecule has 10 heteroatoms. The molecular formula is C21H17N3O7. The molecule has 5 rings (SSSR count). The molecule has 158 valence electrons. The number of carbonyl (C=O) groups excluding carboxylic acids is 4. The largest absolute Gasteiger partial charge is 0.482 e. The Morgan fingerprint density at radius 2 is 1.81 bits per heavy atom. The van der Waals surface area contributed by atoms with Gasteiger partial charge in [0.1, 0.15) is 11.3 Å². The van der Waals surface area contributed by atoms with Crippen molar-refractivity contribution < 1.29 is 33.4 Å². The zero-order valence-electron chi connectivity index (χ0n) is 16.4. The van der Waals surface area contributed by atoms with Crippen molar-refractivity contribution in [1.29, 1.82) is 0 Å². The molecule has 0 aliphatic carbocycles. The third-order valence-corrected chi connectivity index (χ3v) is 5.46. The number of nitrogens with zero attached hydrogens (tertiary/aromatic N) is 1. The second-order valence-corrected chi connectivity index (χ2v) is 7.49. The monoisotopic (exact) mass is 423 g/mol. The summed E-state index contributed by atoms with van der Waals surface area (Å²) in [6.07, 6.45) is 0. The van der Waals surface area contributed by atoms with Gasteiger partial charge in [0.2, 0.25) is 6.79 Å².